The van der Waals surface area contributed by atoms with Crippen molar-refractivity contribution < 1.29 is 36.4 Å². The van der Waals surface area contributed by atoms with Crippen molar-refractivity contribution in [3.8, 4) is 69.0 Å². The molecule has 7 aromatic carbocycles. The number of benzene rings is 7. The van der Waals surface area contributed by atoms with Crippen LogP contribution in [0.15, 0.2) is 164 Å². The van der Waals surface area contributed by atoms with Crippen LogP contribution in [-0.4, -0.2) is 29.2 Å². The molecule has 0 aliphatic rings. The Morgan fingerprint density at radius 3 is 1.69 bits per heavy atom. The van der Waals surface area contributed by atoms with Gasteiger partial charge < -0.3 is 14.2 Å². The molecule has 0 spiro atoms. The molecular weight excluding hydrogens is 863 g/mol. The summed E-state index contributed by atoms with van der Waals surface area (Å²) in [5, 5.41) is 20.5. The van der Waals surface area contributed by atoms with E-state index in [2.05, 4.69) is 17.1 Å². The number of carbonyl (C=O) groups excluding carboxylic acids is 2. The summed E-state index contributed by atoms with van der Waals surface area (Å²) in [6.45, 7) is 7.61. The average Bonchev–Trinajstić information content (AvgIpc) is 3.34. The number of aryl methyl sites for hydroxylation is 2. The summed E-state index contributed by atoms with van der Waals surface area (Å²) in [4.78, 5) is 33.0. The Labute approximate surface area is 388 Å². The van der Waals surface area contributed by atoms with Crippen molar-refractivity contribution in [3.63, 3.8) is 0 Å². The van der Waals surface area contributed by atoms with E-state index in [1.807, 2.05) is 94.4 Å². The van der Waals surface area contributed by atoms with Gasteiger partial charge in [0.25, 0.3) is 0 Å². The fourth-order valence-corrected chi connectivity index (χ4v) is 7.39. The van der Waals surface area contributed by atoms with Crippen molar-refractivity contribution in [2.45, 2.75) is 27.7 Å². The third kappa shape index (κ3) is 10.5. The van der Waals surface area contributed by atoms with Crippen LogP contribution in [0.5, 0.6) is 34.6 Å². The van der Waals surface area contributed by atoms with Crippen LogP contribution >= 0.6 is 0 Å². The molecule has 0 saturated carbocycles. The van der Waals surface area contributed by atoms with E-state index in [4.69, 9.17) is 26.8 Å². The fraction of sp³-hybridized carbons (Fsp3) is 0.0727. The van der Waals surface area contributed by atoms with Crippen molar-refractivity contribution in [1.29, 1.82) is 10.5 Å². The molecule has 328 valence electrons. The number of hydrogen-bond donors (Lipinski definition) is 0. The number of ketones is 2. The third-order valence-electron chi connectivity index (χ3n) is 10.9. The van der Waals surface area contributed by atoms with Crippen LogP contribution in [-0.2, 0) is 10.6 Å². The standard InChI is InChI=1S/C55H39N3O5.O3S/c1-34-19-25-42(45(30-34)54(59)38-13-6-5-7-14-38)40-22-26-44(46(31-40)55(60)39-20-23-41(24-21-39)61-53-18-8-9-29-58-53)43-15-11-17-52(48(43)33-57)63-50-28-27-49(36(3)37(50)4)62-51-16-10-12-35(2)47(51)32-56;1-4(2)3/h5-31H,1-4H3;. The summed E-state index contributed by atoms with van der Waals surface area (Å²) in [5.74, 6) is 2.31. The monoisotopic (exact) mass is 901 g/mol. The number of pyridine rings is 1. The van der Waals surface area contributed by atoms with Gasteiger partial charge in [0.05, 0.1) is 5.56 Å². The van der Waals surface area contributed by atoms with E-state index in [-0.39, 0.29) is 17.1 Å². The maximum Gasteiger partial charge on any atom is 0.425 e. The van der Waals surface area contributed by atoms with E-state index in [9.17, 15) is 20.1 Å². The van der Waals surface area contributed by atoms with Crippen molar-refractivity contribution in [1.82, 2.24) is 4.98 Å². The van der Waals surface area contributed by atoms with Crippen molar-refractivity contribution >= 4 is 22.2 Å². The summed E-state index contributed by atoms with van der Waals surface area (Å²) >= 11 is 0. The molecule has 0 atom stereocenters. The molecule has 0 fully saturated rings. The van der Waals surface area contributed by atoms with Crippen LogP contribution in [0.25, 0.3) is 22.3 Å². The Bertz CT molecular complexity index is 3370. The molecule has 0 saturated heterocycles. The quantitative estimate of drug-likeness (QED) is 0.107. The second-order valence-electron chi connectivity index (χ2n) is 15.2. The normalized spacial score (nSPS) is 10.4. The lowest BCUT2D eigenvalue weighted by molar-refractivity contribution is 0.103. The Hall–Kier alpha value is -8.97. The number of nitriles is 2. The molecule has 11 nitrogen and oxygen atoms in total. The molecule has 0 aliphatic carbocycles. The molecule has 0 bridgehead atoms. The summed E-state index contributed by atoms with van der Waals surface area (Å²) in [6, 6.07) is 51.3. The number of ether oxygens (including phenoxy) is 3. The lowest BCUT2D eigenvalue weighted by atomic mass is 9.86. The fourth-order valence-electron chi connectivity index (χ4n) is 7.39. The van der Waals surface area contributed by atoms with Crippen LogP contribution in [0.3, 0.4) is 0 Å². The minimum atomic E-state index is -3.11. The predicted octanol–water partition coefficient (Wildman–Crippen LogP) is 12.2. The first-order chi connectivity index (χ1) is 32.4. The minimum absolute atomic E-state index is 0.140. The summed E-state index contributed by atoms with van der Waals surface area (Å²) in [6.07, 6.45) is 1.64. The Balaban J connectivity index is 0.00000160. The van der Waals surface area contributed by atoms with Crippen LogP contribution in [0.2, 0.25) is 0 Å². The Kier molecular flexibility index (Phi) is 14.2. The second kappa shape index (κ2) is 20.7. The molecular formula is C55H39N3O8S. The van der Waals surface area contributed by atoms with Gasteiger partial charge in [0, 0.05) is 40.1 Å². The van der Waals surface area contributed by atoms with E-state index in [0.29, 0.717) is 84.7 Å². The molecule has 0 N–H and O–H groups in total. The maximum atomic E-state index is 14.8. The predicted molar refractivity (Wildman–Crippen MR) is 252 cm³/mol. The Morgan fingerprint density at radius 2 is 1.07 bits per heavy atom. The highest BCUT2D eigenvalue weighted by atomic mass is 32.2. The molecule has 0 aliphatic heterocycles. The molecule has 1 heterocycles. The van der Waals surface area contributed by atoms with E-state index in [0.717, 1.165) is 22.3 Å². The zero-order valence-corrected chi connectivity index (χ0v) is 37.4. The largest absolute Gasteiger partial charge is 0.456 e. The summed E-state index contributed by atoms with van der Waals surface area (Å²) in [7, 11) is -3.11. The van der Waals surface area contributed by atoms with Crippen LogP contribution in [0.4, 0.5) is 0 Å². The first-order valence-corrected chi connectivity index (χ1v) is 21.7. The summed E-state index contributed by atoms with van der Waals surface area (Å²) < 4.78 is 44.0. The van der Waals surface area contributed by atoms with Crippen LogP contribution in [0, 0.1) is 50.4 Å². The average molecular weight is 902 g/mol. The molecule has 8 rings (SSSR count). The van der Waals surface area contributed by atoms with Gasteiger partial charge in [-0.25, -0.2) is 4.98 Å². The number of hydrogen-bond acceptors (Lipinski definition) is 11. The van der Waals surface area contributed by atoms with Gasteiger partial charge in [-0.15, -0.1) is 12.6 Å². The van der Waals surface area contributed by atoms with Crippen molar-refractivity contribution in [2.75, 3.05) is 0 Å². The minimum Gasteiger partial charge on any atom is -0.456 e. The molecule has 0 amide bonds. The van der Waals surface area contributed by atoms with Crippen LogP contribution in [0.1, 0.15) is 65.2 Å². The first-order valence-electron chi connectivity index (χ1n) is 20.7. The SMILES string of the molecule is Cc1ccc(-c2ccc(-c3cccc(Oc4ccc(Oc5cccc(C)c5C#N)c(C)c4C)c3C#N)c(C(=O)c3ccc(Oc4ccccn4)cc3)c2)c(C(=O)c2ccccc2)c1.O=S(=O)=O. The number of carbonyl (C=O) groups is 2. The molecule has 0 radical (unpaired) electrons. The molecule has 67 heavy (non-hydrogen) atoms. The van der Waals surface area contributed by atoms with Gasteiger partial charge in [0.15, 0.2) is 11.6 Å². The van der Waals surface area contributed by atoms with Gasteiger partial charge in [-0.3, -0.25) is 9.59 Å². The number of nitrogens with zero attached hydrogens (tertiary/aromatic N) is 3. The van der Waals surface area contributed by atoms with Crippen LogP contribution < -0.4 is 14.2 Å². The zero-order chi connectivity index (χ0) is 47.6. The lowest BCUT2D eigenvalue weighted by Gasteiger charge is -2.18. The topological polar surface area (TPSA) is 174 Å². The number of rotatable bonds is 12. The number of aromatic nitrogens is 1. The Morgan fingerprint density at radius 1 is 0.507 bits per heavy atom. The highest BCUT2D eigenvalue weighted by molar-refractivity contribution is 7.59. The van der Waals surface area contributed by atoms with Gasteiger partial charge in [0.1, 0.15) is 46.4 Å². The highest BCUT2D eigenvalue weighted by Gasteiger charge is 2.23. The molecule has 12 heteroatoms. The van der Waals surface area contributed by atoms with Gasteiger partial charge in [-0.05, 0) is 128 Å². The second-order valence-corrected chi connectivity index (χ2v) is 15.6. The van der Waals surface area contributed by atoms with E-state index >= 15 is 0 Å². The summed E-state index contributed by atoms with van der Waals surface area (Å²) in [5.41, 5.74) is 8.07. The first kappa shape index (κ1) is 46.0. The van der Waals surface area contributed by atoms with Gasteiger partial charge in [-0.1, -0.05) is 90.5 Å². The van der Waals surface area contributed by atoms with E-state index in [1.54, 1.807) is 97.2 Å². The van der Waals surface area contributed by atoms with E-state index in [1.165, 1.54) is 0 Å². The smallest absolute Gasteiger partial charge is 0.425 e. The zero-order valence-electron chi connectivity index (χ0n) is 36.6. The van der Waals surface area contributed by atoms with Crippen molar-refractivity contribution in [3.05, 3.63) is 220 Å². The van der Waals surface area contributed by atoms with E-state index < -0.39 is 10.6 Å². The molecule has 0 unspecified atom stereocenters. The van der Waals surface area contributed by atoms with Gasteiger partial charge >= 0.3 is 10.6 Å². The lowest BCUT2D eigenvalue weighted by Crippen LogP contribution is -2.07. The van der Waals surface area contributed by atoms with Gasteiger partial charge in [-0.2, -0.15) is 10.5 Å². The highest BCUT2D eigenvalue weighted by Crippen LogP contribution is 2.41. The molecule has 1 aromatic heterocycles. The van der Waals surface area contributed by atoms with Gasteiger partial charge in [0.2, 0.25) is 5.88 Å². The van der Waals surface area contributed by atoms with Crippen molar-refractivity contribution in [2.24, 2.45) is 0 Å². The molecule has 8 aromatic rings. The third-order valence-corrected chi connectivity index (χ3v) is 10.9. The maximum absolute atomic E-state index is 14.8.